The summed E-state index contributed by atoms with van der Waals surface area (Å²) >= 11 is 1.64. The van der Waals surface area contributed by atoms with Crippen molar-refractivity contribution < 1.29 is 9.53 Å². The Kier molecular flexibility index (Phi) is 3.12. The van der Waals surface area contributed by atoms with Crippen molar-refractivity contribution in [3.05, 3.63) is 66.2 Å². The van der Waals surface area contributed by atoms with Gasteiger partial charge in [0.2, 0.25) is 0 Å². The maximum absolute atomic E-state index is 12.9. The molecule has 2 aromatic rings. The molecule has 21 heavy (non-hydrogen) atoms. The third-order valence-electron chi connectivity index (χ3n) is 4.42. The molecule has 1 saturated heterocycles. The fraction of sp³-hybridized carbons (Fsp3) is 0.278. The van der Waals surface area contributed by atoms with Crippen LogP contribution in [-0.2, 0) is 14.3 Å². The average molecular weight is 296 g/mol. The van der Waals surface area contributed by atoms with E-state index in [1.165, 1.54) is 0 Å². The van der Waals surface area contributed by atoms with Crippen LogP contribution in [0.3, 0.4) is 0 Å². The fourth-order valence-electron chi connectivity index (χ4n) is 3.41. The van der Waals surface area contributed by atoms with E-state index in [2.05, 4.69) is 12.1 Å². The van der Waals surface area contributed by atoms with Crippen molar-refractivity contribution in [1.29, 1.82) is 0 Å². The predicted molar refractivity (Wildman–Crippen MR) is 83.3 cm³/mol. The summed E-state index contributed by atoms with van der Waals surface area (Å²) in [5.41, 5.74) is 1.06. The second-order valence-electron chi connectivity index (χ2n) is 5.57. The van der Waals surface area contributed by atoms with Gasteiger partial charge in [-0.3, -0.25) is 4.79 Å². The van der Waals surface area contributed by atoms with Crippen LogP contribution in [0.4, 0.5) is 0 Å². The molecule has 4 rings (SSSR count). The number of hydrogen-bond donors (Lipinski definition) is 0. The largest absolute Gasteiger partial charge is 0.375 e. The highest BCUT2D eigenvalue weighted by atomic mass is 32.2. The molecule has 2 nitrogen and oxygen atoms in total. The van der Waals surface area contributed by atoms with Crippen LogP contribution in [0.25, 0.3) is 0 Å². The molecular weight excluding hydrogens is 280 g/mol. The minimum Gasteiger partial charge on any atom is -0.375 e. The lowest BCUT2D eigenvalue weighted by Crippen LogP contribution is -2.61. The van der Waals surface area contributed by atoms with Crippen LogP contribution < -0.4 is 0 Å². The standard InChI is InChI=1S/C18H16O2S/c19-16-15-11-12-20-17(15)18(16,13-7-3-1-4-8-13)21-14-9-5-2-6-10-14/h1-10,15,17H,11-12H2. The van der Waals surface area contributed by atoms with Crippen LogP contribution in [0.2, 0.25) is 0 Å². The smallest absolute Gasteiger partial charge is 0.162 e. The molecule has 0 aromatic heterocycles. The predicted octanol–water partition coefficient (Wildman–Crippen LogP) is 3.66. The second-order valence-corrected chi connectivity index (χ2v) is 6.89. The van der Waals surface area contributed by atoms with Crippen molar-refractivity contribution in [2.75, 3.05) is 6.61 Å². The van der Waals surface area contributed by atoms with Crippen molar-refractivity contribution >= 4 is 17.5 Å². The summed E-state index contributed by atoms with van der Waals surface area (Å²) in [6.07, 6.45) is 0.880. The third kappa shape index (κ3) is 1.88. The van der Waals surface area contributed by atoms with Crippen LogP contribution in [0.1, 0.15) is 12.0 Å². The van der Waals surface area contributed by atoms with Crippen molar-refractivity contribution in [1.82, 2.24) is 0 Å². The lowest BCUT2D eigenvalue weighted by atomic mass is 9.66. The van der Waals surface area contributed by atoms with Crippen LogP contribution in [0, 0.1) is 5.92 Å². The Morgan fingerprint density at radius 1 is 1.00 bits per heavy atom. The molecule has 1 saturated carbocycles. The summed E-state index contributed by atoms with van der Waals surface area (Å²) in [7, 11) is 0. The van der Waals surface area contributed by atoms with Gasteiger partial charge in [0, 0.05) is 11.5 Å². The molecule has 1 aliphatic heterocycles. The SMILES string of the molecule is O=C1C2CCOC2C1(Sc1ccccc1)c1ccccc1. The summed E-state index contributed by atoms with van der Waals surface area (Å²) in [4.78, 5) is 14.0. The normalized spacial score (nSPS) is 30.8. The summed E-state index contributed by atoms with van der Waals surface area (Å²) in [6.45, 7) is 0.699. The van der Waals surface area contributed by atoms with E-state index in [1.54, 1.807) is 11.8 Å². The number of fused-ring (bicyclic) bond motifs is 1. The van der Waals surface area contributed by atoms with Crippen LogP contribution in [-0.4, -0.2) is 18.5 Å². The molecule has 3 unspecified atom stereocenters. The van der Waals surface area contributed by atoms with E-state index in [-0.39, 0.29) is 12.0 Å². The Morgan fingerprint density at radius 2 is 1.67 bits per heavy atom. The molecule has 0 radical (unpaired) electrons. The topological polar surface area (TPSA) is 26.3 Å². The highest BCUT2D eigenvalue weighted by Crippen LogP contribution is 2.59. The highest BCUT2D eigenvalue weighted by molar-refractivity contribution is 8.01. The first-order chi connectivity index (χ1) is 10.3. The molecule has 2 aliphatic rings. The summed E-state index contributed by atoms with van der Waals surface area (Å²) < 4.78 is 5.36. The summed E-state index contributed by atoms with van der Waals surface area (Å²) in [5.74, 6) is 0.409. The number of carbonyl (C=O) groups is 1. The molecule has 3 heteroatoms. The number of benzene rings is 2. The molecule has 0 amide bonds. The zero-order valence-electron chi connectivity index (χ0n) is 11.6. The van der Waals surface area contributed by atoms with Crippen molar-refractivity contribution in [2.45, 2.75) is 22.2 Å². The fourth-order valence-corrected chi connectivity index (χ4v) is 4.93. The van der Waals surface area contributed by atoms with Gasteiger partial charge in [0.25, 0.3) is 0 Å². The van der Waals surface area contributed by atoms with E-state index in [0.717, 1.165) is 16.9 Å². The Morgan fingerprint density at radius 3 is 2.38 bits per heavy atom. The zero-order chi connectivity index (χ0) is 14.3. The number of thioether (sulfide) groups is 1. The van der Waals surface area contributed by atoms with E-state index >= 15 is 0 Å². The number of ketones is 1. The summed E-state index contributed by atoms with van der Waals surface area (Å²) in [6, 6.07) is 20.2. The Bertz CT molecular complexity index is 655. The highest BCUT2D eigenvalue weighted by Gasteiger charge is 2.66. The summed E-state index contributed by atoms with van der Waals surface area (Å²) in [5, 5.41) is 0. The molecular formula is C18H16O2S. The minimum absolute atomic E-state index is 0.0117. The monoisotopic (exact) mass is 296 g/mol. The molecule has 3 atom stereocenters. The Balaban J connectivity index is 1.78. The van der Waals surface area contributed by atoms with Gasteiger partial charge in [-0.2, -0.15) is 0 Å². The number of carbonyl (C=O) groups excluding carboxylic acids is 1. The maximum Gasteiger partial charge on any atom is 0.162 e. The number of ether oxygens (including phenoxy) is 1. The molecule has 1 aliphatic carbocycles. The van der Waals surface area contributed by atoms with E-state index in [4.69, 9.17) is 4.74 Å². The van der Waals surface area contributed by atoms with Gasteiger partial charge in [-0.1, -0.05) is 48.5 Å². The second kappa shape index (κ2) is 5.00. The molecule has 1 heterocycles. The van der Waals surface area contributed by atoms with E-state index in [0.29, 0.717) is 12.4 Å². The Hall–Kier alpha value is -1.58. The number of Topliss-reactive ketones (excluding diaryl/α,β-unsaturated/α-hetero) is 1. The van der Waals surface area contributed by atoms with Gasteiger partial charge in [0.1, 0.15) is 4.75 Å². The average Bonchev–Trinajstić information content (AvgIpc) is 3.00. The van der Waals surface area contributed by atoms with Gasteiger partial charge in [0.15, 0.2) is 5.78 Å². The molecule has 2 aromatic carbocycles. The van der Waals surface area contributed by atoms with Crippen LogP contribution >= 0.6 is 11.8 Å². The lowest BCUT2D eigenvalue weighted by Gasteiger charge is -2.49. The van der Waals surface area contributed by atoms with Crippen LogP contribution in [0.5, 0.6) is 0 Å². The first-order valence-corrected chi connectivity index (χ1v) is 8.09. The maximum atomic E-state index is 12.9. The zero-order valence-corrected chi connectivity index (χ0v) is 12.4. The molecule has 0 spiro atoms. The van der Waals surface area contributed by atoms with Crippen molar-refractivity contribution in [3.8, 4) is 0 Å². The minimum atomic E-state index is -0.566. The van der Waals surface area contributed by atoms with Gasteiger partial charge in [-0.15, -0.1) is 11.8 Å². The van der Waals surface area contributed by atoms with E-state index < -0.39 is 4.75 Å². The van der Waals surface area contributed by atoms with Gasteiger partial charge in [-0.25, -0.2) is 0 Å². The molecule has 106 valence electrons. The lowest BCUT2D eigenvalue weighted by molar-refractivity contribution is -0.143. The molecule has 2 fully saturated rings. The third-order valence-corrected chi connectivity index (χ3v) is 5.92. The first-order valence-electron chi connectivity index (χ1n) is 7.28. The van der Waals surface area contributed by atoms with Gasteiger partial charge in [0.05, 0.1) is 12.0 Å². The van der Waals surface area contributed by atoms with Gasteiger partial charge >= 0.3 is 0 Å². The van der Waals surface area contributed by atoms with Crippen molar-refractivity contribution in [2.24, 2.45) is 5.92 Å². The molecule has 0 bridgehead atoms. The number of rotatable bonds is 3. The molecule has 0 N–H and O–H groups in total. The van der Waals surface area contributed by atoms with Gasteiger partial charge < -0.3 is 4.74 Å². The van der Waals surface area contributed by atoms with E-state index in [1.807, 2.05) is 48.5 Å². The first kappa shape index (κ1) is 13.1. The Labute approximate surface area is 128 Å². The van der Waals surface area contributed by atoms with Gasteiger partial charge in [-0.05, 0) is 24.1 Å². The quantitative estimate of drug-likeness (QED) is 0.864. The van der Waals surface area contributed by atoms with Crippen LogP contribution in [0.15, 0.2) is 65.6 Å². The van der Waals surface area contributed by atoms with E-state index in [9.17, 15) is 4.79 Å². The number of hydrogen-bond acceptors (Lipinski definition) is 3. The van der Waals surface area contributed by atoms with Crippen molar-refractivity contribution in [3.63, 3.8) is 0 Å².